The standard InChI is InChI=1S/C20H19N3O6S2/c24-18(22-20-21-16-6-1-2-7-17(16)30-20)13-29-19(25)14-4-3-5-15(12-14)31(26,27)23-8-10-28-11-9-23/h1-7,12H,8-11,13H2,(H,21,22,24). The highest BCUT2D eigenvalue weighted by Gasteiger charge is 2.27. The molecule has 4 rings (SSSR count). The van der Waals surface area contributed by atoms with E-state index in [-0.39, 0.29) is 23.5 Å². The summed E-state index contributed by atoms with van der Waals surface area (Å²) in [7, 11) is -3.74. The van der Waals surface area contributed by atoms with Crippen molar-refractivity contribution in [1.82, 2.24) is 9.29 Å². The third-order valence-corrected chi connectivity index (χ3v) is 7.40. The Kier molecular flexibility index (Phi) is 6.28. The number of nitrogens with zero attached hydrogens (tertiary/aromatic N) is 2. The van der Waals surface area contributed by atoms with Crippen LogP contribution in [-0.2, 0) is 24.3 Å². The fourth-order valence-corrected chi connectivity index (χ4v) is 5.35. The van der Waals surface area contributed by atoms with E-state index in [0.717, 1.165) is 10.2 Å². The number of rotatable bonds is 6. The summed E-state index contributed by atoms with van der Waals surface area (Å²) < 4.78 is 38.0. The first-order valence-corrected chi connectivity index (χ1v) is 11.7. The van der Waals surface area contributed by atoms with Gasteiger partial charge in [0.25, 0.3) is 5.91 Å². The molecular formula is C20H19N3O6S2. The first-order valence-electron chi connectivity index (χ1n) is 9.44. The number of ether oxygens (including phenoxy) is 2. The lowest BCUT2D eigenvalue weighted by molar-refractivity contribution is -0.119. The molecule has 3 aromatic rings. The van der Waals surface area contributed by atoms with Gasteiger partial charge in [-0.15, -0.1) is 0 Å². The minimum absolute atomic E-state index is 0.0113. The van der Waals surface area contributed by atoms with Gasteiger partial charge in [-0.05, 0) is 30.3 Å². The molecule has 9 nitrogen and oxygen atoms in total. The minimum atomic E-state index is -3.74. The highest BCUT2D eigenvalue weighted by Crippen LogP contribution is 2.25. The van der Waals surface area contributed by atoms with Crippen LogP contribution in [0.4, 0.5) is 5.13 Å². The lowest BCUT2D eigenvalue weighted by Gasteiger charge is -2.26. The van der Waals surface area contributed by atoms with Gasteiger partial charge in [0.1, 0.15) is 0 Å². The van der Waals surface area contributed by atoms with Crippen molar-refractivity contribution in [2.75, 3.05) is 38.2 Å². The second kappa shape index (κ2) is 9.10. The topological polar surface area (TPSA) is 115 Å². The van der Waals surface area contributed by atoms with Gasteiger partial charge in [0.2, 0.25) is 10.0 Å². The van der Waals surface area contributed by atoms with E-state index in [1.54, 1.807) is 0 Å². The predicted molar refractivity (Wildman–Crippen MR) is 115 cm³/mol. The van der Waals surface area contributed by atoms with E-state index in [9.17, 15) is 18.0 Å². The van der Waals surface area contributed by atoms with Gasteiger partial charge in [-0.2, -0.15) is 4.31 Å². The van der Waals surface area contributed by atoms with E-state index >= 15 is 0 Å². The number of carbonyl (C=O) groups is 2. The molecule has 0 unspecified atom stereocenters. The third-order valence-electron chi connectivity index (χ3n) is 4.55. The Morgan fingerprint density at radius 3 is 2.68 bits per heavy atom. The van der Waals surface area contributed by atoms with Gasteiger partial charge in [0, 0.05) is 13.1 Å². The van der Waals surface area contributed by atoms with Crippen LogP contribution in [0.15, 0.2) is 53.4 Å². The molecule has 0 saturated carbocycles. The number of hydrogen-bond acceptors (Lipinski definition) is 8. The van der Waals surface area contributed by atoms with Crippen molar-refractivity contribution in [3.63, 3.8) is 0 Å². The number of carbonyl (C=O) groups excluding carboxylic acids is 2. The van der Waals surface area contributed by atoms with Gasteiger partial charge in [-0.1, -0.05) is 29.5 Å². The van der Waals surface area contributed by atoms with E-state index < -0.39 is 28.5 Å². The summed E-state index contributed by atoms with van der Waals surface area (Å²) in [6.45, 7) is 0.635. The zero-order chi connectivity index (χ0) is 21.8. The molecule has 0 radical (unpaired) electrons. The minimum Gasteiger partial charge on any atom is -0.452 e. The maximum Gasteiger partial charge on any atom is 0.338 e. The zero-order valence-electron chi connectivity index (χ0n) is 16.3. The average molecular weight is 462 g/mol. The Bertz CT molecular complexity index is 1190. The first-order chi connectivity index (χ1) is 14.9. The number of aromatic nitrogens is 1. The molecule has 1 fully saturated rings. The SMILES string of the molecule is O=C(COC(=O)c1cccc(S(=O)(=O)N2CCOCC2)c1)Nc1nc2ccccc2s1. The van der Waals surface area contributed by atoms with Crippen molar-refractivity contribution in [2.24, 2.45) is 0 Å². The molecule has 31 heavy (non-hydrogen) atoms. The summed E-state index contributed by atoms with van der Waals surface area (Å²) in [6.07, 6.45) is 0. The smallest absolute Gasteiger partial charge is 0.338 e. The van der Waals surface area contributed by atoms with E-state index in [0.29, 0.717) is 18.3 Å². The molecule has 1 aliphatic rings. The zero-order valence-corrected chi connectivity index (χ0v) is 17.9. The van der Waals surface area contributed by atoms with Crippen LogP contribution < -0.4 is 5.32 Å². The molecule has 1 aromatic heterocycles. The Balaban J connectivity index is 1.38. The number of fused-ring (bicyclic) bond motifs is 1. The molecule has 0 atom stereocenters. The van der Waals surface area contributed by atoms with Gasteiger partial charge < -0.3 is 9.47 Å². The molecule has 11 heteroatoms. The van der Waals surface area contributed by atoms with Crippen molar-refractivity contribution in [2.45, 2.75) is 4.90 Å². The number of amides is 1. The number of esters is 1. The number of nitrogens with one attached hydrogen (secondary N) is 1. The van der Waals surface area contributed by atoms with Crippen LogP contribution in [0.2, 0.25) is 0 Å². The van der Waals surface area contributed by atoms with Crippen LogP contribution in [0.1, 0.15) is 10.4 Å². The van der Waals surface area contributed by atoms with Crippen molar-refractivity contribution >= 4 is 48.6 Å². The van der Waals surface area contributed by atoms with E-state index in [4.69, 9.17) is 9.47 Å². The monoisotopic (exact) mass is 461 g/mol. The fourth-order valence-electron chi connectivity index (χ4n) is 3.02. The first kappa shape index (κ1) is 21.4. The van der Waals surface area contributed by atoms with Crippen LogP contribution in [-0.4, -0.2) is 62.5 Å². The molecule has 0 spiro atoms. The molecule has 1 saturated heterocycles. The van der Waals surface area contributed by atoms with E-state index in [2.05, 4.69) is 10.3 Å². The van der Waals surface area contributed by atoms with Gasteiger partial charge in [-0.3, -0.25) is 10.1 Å². The van der Waals surface area contributed by atoms with Crippen molar-refractivity contribution < 1.29 is 27.5 Å². The lowest BCUT2D eigenvalue weighted by Crippen LogP contribution is -2.40. The second-order valence-corrected chi connectivity index (χ2v) is 9.62. The molecule has 1 amide bonds. The van der Waals surface area contributed by atoms with Crippen molar-refractivity contribution in [1.29, 1.82) is 0 Å². The normalized spacial score (nSPS) is 15.0. The number of anilines is 1. The van der Waals surface area contributed by atoms with Crippen molar-refractivity contribution in [3.05, 3.63) is 54.1 Å². The van der Waals surface area contributed by atoms with Gasteiger partial charge >= 0.3 is 5.97 Å². The fraction of sp³-hybridized carbons (Fsp3) is 0.250. The summed E-state index contributed by atoms with van der Waals surface area (Å²) in [5, 5.41) is 3.00. The molecule has 0 aliphatic carbocycles. The summed E-state index contributed by atoms with van der Waals surface area (Å²) in [6, 6.07) is 13.0. The predicted octanol–water partition coefficient (Wildman–Crippen LogP) is 2.11. The van der Waals surface area contributed by atoms with Crippen LogP contribution in [0.3, 0.4) is 0 Å². The van der Waals surface area contributed by atoms with E-state index in [1.165, 1.54) is 39.9 Å². The Morgan fingerprint density at radius 1 is 1.13 bits per heavy atom. The van der Waals surface area contributed by atoms with Gasteiger partial charge in [0.15, 0.2) is 11.7 Å². The number of hydrogen-bond donors (Lipinski definition) is 1. The summed E-state index contributed by atoms with van der Waals surface area (Å²) in [5.74, 6) is -1.33. The van der Waals surface area contributed by atoms with Crippen molar-refractivity contribution in [3.8, 4) is 0 Å². The number of thiazole rings is 1. The second-order valence-electron chi connectivity index (χ2n) is 6.66. The van der Waals surface area contributed by atoms with Gasteiger partial charge in [-0.25, -0.2) is 18.2 Å². The summed E-state index contributed by atoms with van der Waals surface area (Å²) >= 11 is 1.31. The highest BCUT2D eigenvalue weighted by molar-refractivity contribution is 7.89. The maximum atomic E-state index is 12.8. The number of para-hydroxylation sites is 1. The molecule has 1 N–H and O–H groups in total. The Hall–Kier alpha value is -2.86. The Labute approximate surface area is 182 Å². The largest absolute Gasteiger partial charge is 0.452 e. The lowest BCUT2D eigenvalue weighted by atomic mass is 10.2. The van der Waals surface area contributed by atoms with Crippen LogP contribution >= 0.6 is 11.3 Å². The maximum absolute atomic E-state index is 12.8. The summed E-state index contributed by atoms with van der Waals surface area (Å²) in [4.78, 5) is 28.8. The molecule has 2 aromatic carbocycles. The molecular weight excluding hydrogens is 442 g/mol. The van der Waals surface area contributed by atoms with Crippen LogP contribution in [0, 0.1) is 0 Å². The van der Waals surface area contributed by atoms with E-state index in [1.807, 2.05) is 24.3 Å². The summed E-state index contributed by atoms with van der Waals surface area (Å²) in [5.41, 5.74) is 0.806. The number of benzene rings is 2. The molecule has 1 aliphatic heterocycles. The molecule has 2 heterocycles. The van der Waals surface area contributed by atoms with Crippen LogP contribution in [0.5, 0.6) is 0 Å². The molecule has 0 bridgehead atoms. The van der Waals surface area contributed by atoms with Crippen LogP contribution in [0.25, 0.3) is 10.2 Å². The number of sulfonamides is 1. The molecule has 162 valence electrons. The third kappa shape index (κ3) is 4.90. The average Bonchev–Trinajstić information content (AvgIpc) is 3.20. The highest BCUT2D eigenvalue weighted by atomic mass is 32.2. The quantitative estimate of drug-likeness (QED) is 0.559. The van der Waals surface area contributed by atoms with Gasteiger partial charge in [0.05, 0.1) is 33.9 Å². The number of morpholine rings is 1. The Morgan fingerprint density at radius 2 is 1.90 bits per heavy atom.